The second-order valence-electron chi connectivity index (χ2n) is 2.53. The molecule has 1 amide bonds. The predicted molar refractivity (Wildman–Crippen MR) is 54.3 cm³/mol. The highest BCUT2D eigenvalue weighted by molar-refractivity contribution is 7.19. The highest BCUT2D eigenvalue weighted by Crippen LogP contribution is 2.16. The highest BCUT2D eigenvalue weighted by atomic mass is 32.1. The first-order valence-electron chi connectivity index (χ1n) is 3.93. The Balaban J connectivity index is 2.11. The highest BCUT2D eigenvalue weighted by Gasteiger charge is 2.08. The Morgan fingerprint density at radius 1 is 1.40 bits per heavy atom. The summed E-state index contributed by atoms with van der Waals surface area (Å²) in [4.78, 5) is 11.5. The molecule has 0 radical (unpaired) electrons. The van der Waals surface area contributed by atoms with E-state index < -0.39 is 0 Å². The molecule has 0 saturated heterocycles. The van der Waals surface area contributed by atoms with Crippen molar-refractivity contribution in [1.82, 2.24) is 20.4 Å². The number of hydrogen-bond donors (Lipinski definition) is 2. The number of nitrogens with zero attached hydrogens (tertiary/aromatic N) is 4. The lowest BCUT2D eigenvalue weighted by molar-refractivity contribution is 0.102. The molecule has 8 heteroatoms. The zero-order chi connectivity index (χ0) is 10.7. The van der Waals surface area contributed by atoms with Gasteiger partial charge in [0.25, 0.3) is 5.91 Å². The molecule has 2 heterocycles. The maximum Gasteiger partial charge on any atom is 0.259 e. The van der Waals surface area contributed by atoms with Gasteiger partial charge in [-0.15, -0.1) is 10.2 Å². The van der Waals surface area contributed by atoms with Gasteiger partial charge in [-0.2, -0.15) is 10.2 Å². The van der Waals surface area contributed by atoms with E-state index in [0.29, 0.717) is 15.8 Å². The molecule has 0 bridgehead atoms. The standard InChI is InChI=1S/C7H6N6OS/c8-6-12-13-7(15-6)11-5(14)4-1-2-9-10-3-4/h1-3H,(H2,8,12)(H,11,13,14). The number of hydrogen-bond acceptors (Lipinski definition) is 7. The molecule has 0 aliphatic rings. The molecule has 0 atom stereocenters. The van der Waals surface area contributed by atoms with Gasteiger partial charge in [0.05, 0.1) is 18.0 Å². The largest absolute Gasteiger partial charge is 0.374 e. The summed E-state index contributed by atoms with van der Waals surface area (Å²) in [6, 6.07) is 1.55. The molecular formula is C7H6N6OS. The number of rotatable bonds is 2. The normalized spacial score (nSPS) is 9.87. The second-order valence-corrected chi connectivity index (χ2v) is 3.54. The van der Waals surface area contributed by atoms with Gasteiger partial charge in [-0.05, 0) is 6.07 Å². The molecule has 2 aromatic heterocycles. The van der Waals surface area contributed by atoms with E-state index in [1.165, 1.54) is 12.4 Å². The van der Waals surface area contributed by atoms with Gasteiger partial charge in [-0.3, -0.25) is 10.1 Å². The minimum absolute atomic E-state index is 0.304. The second kappa shape index (κ2) is 3.96. The maximum absolute atomic E-state index is 11.5. The molecule has 7 nitrogen and oxygen atoms in total. The van der Waals surface area contributed by atoms with Crippen molar-refractivity contribution in [1.29, 1.82) is 0 Å². The zero-order valence-corrected chi connectivity index (χ0v) is 8.23. The van der Waals surface area contributed by atoms with Crippen LogP contribution in [-0.4, -0.2) is 26.3 Å². The molecule has 0 spiro atoms. The van der Waals surface area contributed by atoms with Crippen molar-refractivity contribution >= 4 is 27.5 Å². The SMILES string of the molecule is Nc1nnc(NC(=O)c2ccnnc2)s1. The number of anilines is 2. The fraction of sp³-hybridized carbons (Fsp3) is 0. The zero-order valence-electron chi connectivity index (χ0n) is 7.41. The van der Waals surface area contributed by atoms with Gasteiger partial charge in [-0.25, -0.2) is 0 Å². The fourth-order valence-electron chi connectivity index (χ4n) is 0.879. The van der Waals surface area contributed by atoms with E-state index in [0.717, 1.165) is 11.3 Å². The molecule has 0 saturated carbocycles. The summed E-state index contributed by atoms with van der Waals surface area (Å²) in [5.74, 6) is -0.318. The van der Waals surface area contributed by atoms with Crippen LogP contribution in [0, 0.1) is 0 Å². The van der Waals surface area contributed by atoms with Crippen molar-refractivity contribution in [3.63, 3.8) is 0 Å². The number of carbonyl (C=O) groups excluding carboxylic acids is 1. The topological polar surface area (TPSA) is 107 Å². The van der Waals surface area contributed by atoms with E-state index >= 15 is 0 Å². The van der Waals surface area contributed by atoms with Gasteiger partial charge >= 0.3 is 0 Å². The molecule has 0 aliphatic heterocycles. The van der Waals surface area contributed by atoms with Crippen LogP contribution < -0.4 is 11.1 Å². The summed E-state index contributed by atoms with van der Waals surface area (Å²) in [7, 11) is 0. The third-order valence-electron chi connectivity index (χ3n) is 1.51. The molecular weight excluding hydrogens is 216 g/mol. The van der Waals surface area contributed by atoms with Crippen LogP contribution >= 0.6 is 11.3 Å². The lowest BCUT2D eigenvalue weighted by Gasteiger charge is -1.98. The molecule has 0 unspecified atom stereocenters. The fourth-order valence-corrected chi connectivity index (χ4v) is 1.38. The van der Waals surface area contributed by atoms with E-state index in [1.807, 2.05) is 0 Å². The molecule has 2 rings (SSSR count). The quantitative estimate of drug-likeness (QED) is 0.749. The summed E-state index contributed by atoms with van der Waals surface area (Å²) >= 11 is 1.10. The number of amides is 1. The Hall–Kier alpha value is -2.09. The van der Waals surface area contributed by atoms with Gasteiger partial charge in [0.2, 0.25) is 10.3 Å². The number of aromatic nitrogens is 4. The first-order chi connectivity index (χ1) is 7.25. The molecule has 0 aliphatic carbocycles. The smallest absolute Gasteiger partial charge is 0.259 e. The minimum atomic E-state index is -0.318. The molecule has 76 valence electrons. The van der Waals surface area contributed by atoms with Crippen molar-refractivity contribution in [3.05, 3.63) is 24.0 Å². The van der Waals surface area contributed by atoms with Gasteiger partial charge in [0.15, 0.2) is 0 Å². The van der Waals surface area contributed by atoms with Crippen molar-refractivity contribution in [2.45, 2.75) is 0 Å². The van der Waals surface area contributed by atoms with Crippen molar-refractivity contribution in [2.24, 2.45) is 0 Å². The van der Waals surface area contributed by atoms with Crippen LogP contribution in [0.4, 0.5) is 10.3 Å². The van der Waals surface area contributed by atoms with E-state index in [-0.39, 0.29) is 5.91 Å². The predicted octanol–water partition coefficient (Wildman–Crippen LogP) is 0.163. The van der Waals surface area contributed by atoms with E-state index in [4.69, 9.17) is 5.73 Å². The Morgan fingerprint density at radius 2 is 2.27 bits per heavy atom. The number of nitrogens with one attached hydrogen (secondary N) is 1. The Kier molecular flexibility index (Phi) is 2.50. The summed E-state index contributed by atoms with van der Waals surface area (Å²) in [6.45, 7) is 0. The van der Waals surface area contributed by atoms with E-state index in [2.05, 4.69) is 25.7 Å². The first kappa shape index (κ1) is 9.46. The number of nitrogens with two attached hydrogens (primary N) is 1. The van der Waals surface area contributed by atoms with Crippen LogP contribution in [0.3, 0.4) is 0 Å². The summed E-state index contributed by atoms with van der Waals surface area (Å²) in [5.41, 5.74) is 5.77. The third-order valence-corrected chi connectivity index (χ3v) is 2.18. The van der Waals surface area contributed by atoms with E-state index in [9.17, 15) is 4.79 Å². The molecule has 15 heavy (non-hydrogen) atoms. The summed E-state index contributed by atoms with van der Waals surface area (Å²) in [5, 5.41) is 17.6. The van der Waals surface area contributed by atoms with Crippen LogP contribution in [0.1, 0.15) is 10.4 Å². The van der Waals surface area contributed by atoms with E-state index in [1.54, 1.807) is 6.07 Å². The Morgan fingerprint density at radius 3 is 2.87 bits per heavy atom. The third kappa shape index (κ3) is 2.23. The molecule has 2 aromatic rings. The van der Waals surface area contributed by atoms with Gasteiger partial charge in [0.1, 0.15) is 0 Å². The Bertz CT molecular complexity index is 469. The lowest BCUT2D eigenvalue weighted by atomic mass is 10.3. The van der Waals surface area contributed by atoms with Crippen LogP contribution in [0.2, 0.25) is 0 Å². The average Bonchev–Trinajstić information content (AvgIpc) is 2.65. The van der Waals surface area contributed by atoms with Crippen LogP contribution in [-0.2, 0) is 0 Å². The van der Waals surface area contributed by atoms with Gasteiger partial charge in [-0.1, -0.05) is 11.3 Å². The summed E-state index contributed by atoms with van der Waals surface area (Å²) in [6.07, 6.45) is 2.79. The molecule has 3 N–H and O–H groups in total. The monoisotopic (exact) mass is 222 g/mol. The van der Waals surface area contributed by atoms with Crippen LogP contribution in [0.25, 0.3) is 0 Å². The lowest BCUT2D eigenvalue weighted by Crippen LogP contribution is -2.12. The number of nitrogen functional groups attached to an aromatic ring is 1. The van der Waals surface area contributed by atoms with Gasteiger partial charge < -0.3 is 5.73 Å². The maximum atomic E-state index is 11.5. The van der Waals surface area contributed by atoms with Crippen molar-refractivity contribution in [3.8, 4) is 0 Å². The van der Waals surface area contributed by atoms with Crippen molar-refractivity contribution in [2.75, 3.05) is 11.1 Å². The van der Waals surface area contributed by atoms with Gasteiger partial charge in [0, 0.05) is 0 Å². The molecule has 0 aromatic carbocycles. The van der Waals surface area contributed by atoms with Crippen LogP contribution in [0.15, 0.2) is 18.5 Å². The minimum Gasteiger partial charge on any atom is -0.374 e. The molecule has 0 fully saturated rings. The Labute approximate surface area is 88.4 Å². The average molecular weight is 222 g/mol. The first-order valence-corrected chi connectivity index (χ1v) is 4.74. The van der Waals surface area contributed by atoms with Crippen LogP contribution in [0.5, 0.6) is 0 Å². The van der Waals surface area contributed by atoms with Crippen molar-refractivity contribution < 1.29 is 4.79 Å². The summed E-state index contributed by atoms with van der Waals surface area (Å²) < 4.78 is 0. The number of carbonyl (C=O) groups is 1.